The Bertz CT molecular complexity index is 450. The maximum Gasteiger partial charge on any atom is 0.133 e. The van der Waals surface area contributed by atoms with Crippen LogP contribution >= 0.6 is 39.9 Å². The van der Waals surface area contributed by atoms with Crippen LogP contribution in [0.4, 0.5) is 0 Å². The van der Waals surface area contributed by atoms with E-state index in [2.05, 4.69) is 28.6 Å². The van der Waals surface area contributed by atoms with Crippen molar-refractivity contribution in [2.24, 2.45) is 0 Å². The Morgan fingerprint density at radius 1 is 1.46 bits per heavy atom. The van der Waals surface area contributed by atoms with Crippen molar-refractivity contribution in [2.75, 3.05) is 0 Å². The third kappa shape index (κ3) is 1.47. The molecule has 1 nitrogen and oxygen atoms in total. The molecule has 0 saturated carbocycles. The van der Waals surface area contributed by atoms with Crippen LogP contribution in [-0.4, -0.2) is 5.11 Å². The SMILES string of the molecule is Oc1ccc(S)c2c(CBr)csc12. The fraction of sp³-hybridized carbons (Fsp3) is 0.111. The molecular weight excluding hydrogens is 268 g/mol. The zero-order valence-electron chi connectivity index (χ0n) is 6.62. The number of aromatic hydroxyl groups is 1. The Kier molecular flexibility index (Phi) is 2.53. The van der Waals surface area contributed by atoms with Gasteiger partial charge in [0, 0.05) is 15.6 Å². The van der Waals surface area contributed by atoms with E-state index >= 15 is 0 Å². The zero-order chi connectivity index (χ0) is 9.42. The molecular formula is C9H7BrOS2. The Labute approximate surface area is 93.9 Å². The Morgan fingerprint density at radius 2 is 2.23 bits per heavy atom. The molecule has 0 radical (unpaired) electrons. The first-order valence-electron chi connectivity index (χ1n) is 3.71. The van der Waals surface area contributed by atoms with Crippen molar-refractivity contribution in [1.82, 2.24) is 0 Å². The van der Waals surface area contributed by atoms with Gasteiger partial charge in [-0.1, -0.05) is 15.9 Å². The minimum absolute atomic E-state index is 0.338. The maximum atomic E-state index is 9.57. The van der Waals surface area contributed by atoms with Crippen LogP contribution in [0.2, 0.25) is 0 Å². The molecule has 0 fully saturated rings. The standard InChI is InChI=1S/C9H7BrOS2/c10-3-5-4-13-9-6(11)1-2-7(12)8(5)9/h1-2,4,11-12H,3H2. The van der Waals surface area contributed by atoms with Gasteiger partial charge in [0.1, 0.15) is 5.75 Å². The van der Waals surface area contributed by atoms with Gasteiger partial charge in [-0.2, -0.15) is 0 Å². The number of benzene rings is 1. The summed E-state index contributed by atoms with van der Waals surface area (Å²) in [6, 6.07) is 3.50. The van der Waals surface area contributed by atoms with Crippen LogP contribution in [0.3, 0.4) is 0 Å². The highest BCUT2D eigenvalue weighted by molar-refractivity contribution is 9.08. The van der Waals surface area contributed by atoms with Crippen molar-refractivity contribution >= 4 is 50.0 Å². The highest BCUT2D eigenvalue weighted by atomic mass is 79.9. The molecule has 68 valence electrons. The molecule has 1 heterocycles. The number of halogens is 1. The predicted molar refractivity (Wildman–Crippen MR) is 63.4 cm³/mol. The van der Waals surface area contributed by atoms with Gasteiger partial charge in [0.05, 0.1) is 4.70 Å². The first-order valence-corrected chi connectivity index (χ1v) is 6.16. The normalized spacial score (nSPS) is 10.9. The number of thiol groups is 1. The van der Waals surface area contributed by atoms with Gasteiger partial charge in [0.2, 0.25) is 0 Å². The topological polar surface area (TPSA) is 20.2 Å². The molecule has 4 heteroatoms. The minimum atomic E-state index is 0.338. The maximum absolute atomic E-state index is 9.57. The zero-order valence-corrected chi connectivity index (χ0v) is 9.92. The minimum Gasteiger partial charge on any atom is -0.506 e. The van der Waals surface area contributed by atoms with Crippen LogP contribution in [-0.2, 0) is 5.33 Å². The number of fused-ring (bicyclic) bond motifs is 1. The summed E-state index contributed by atoms with van der Waals surface area (Å²) in [5.74, 6) is 0.338. The van der Waals surface area contributed by atoms with E-state index in [4.69, 9.17) is 0 Å². The Morgan fingerprint density at radius 3 is 2.92 bits per heavy atom. The molecule has 0 aliphatic heterocycles. The average Bonchev–Trinajstić information content (AvgIpc) is 2.56. The number of thiophene rings is 1. The molecule has 0 aliphatic carbocycles. The fourth-order valence-corrected chi connectivity index (χ4v) is 3.35. The summed E-state index contributed by atoms with van der Waals surface area (Å²) >= 11 is 9.32. The number of phenolic OH excluding ortho intramolecular Hbond substituents is 1. The fourth-order valence-electron chi connectivity index (χ4n) is 1.28. The second-order valence-corrected chi connectivity index (χ2v) is 4.62. The van der Waals surface area contributed by atoms with Gasteiger partial charge in [0.25, 0.3) is 0 Å². The summed E-state index contributed by atoms with van der Waals surface area (Å²) in [5.41, 5.74) is 1.18. The van der Waals surface area contributed by atoms with E-state index in [9.17, 15) is 5.11 Å². The van der Waals surface area contributed by atoms with Crippen LogP contribution in [0.5, 0.6) is 5.75 Å². The lowest BCUT2D eigenvalue weighted by Crippen LogP contribution is -1.75. The molecule has 0 spiro atoms. The van der Waals surface area contributed by atoms with E-state index < -0.39 is 0 Å². The highest BCUT2D eigenvalue weighted by Gasteiger charge is 2.09. The van der Waals surface area contributed by atoms with Crippen LogP contribution in [0.1, 0.15) is 5.56 Å². The lowest BCUT2D eigenvalue weighted by atomic mass is 10.2. The van der Waals surface area contributed by atoms with Gasteiger partial charge in [-0.3, -0.25) is 0 Å². The number of hydrogen-bond donors (Lipinski definition) is 2. The second-order valence-electron chi connectivity index (χ2n) is 2.70. The van der Waals surface area contributed by atoms with Gasteiger partial charge in [0.15, 0.2) is 0 Å². The third-order valence-corrected chi connectivity index (χ3v) is 3.93. The summed E-state index contributed by atoms with van der Waals surface area (Å²) in [7, 11) is 0. The van der Waals surface area contributed by atoms with Crippen LogP contribution < -0.4 is 0 Å². The molecule has 0 atom stereocenters. The number of phenols is 1. The van der Waals surface area contributed by atoms with Gasteiger partial charge in [-0.25, -0.2) is 0 Å². The number of alkyl halides is 1. The van der Waals surface area contributed by atoms with Crippen molar-refractivity contribution in [2.45, 2.75) is 10.2 Å². The van der Waals surface area contributed by atoms with Crippen LogP contribution in [0.25, 0.3) is 10.1 Å². The molecule has 2 rings (SSSR count). The predicted octanol–water partition coefficient (Wildman–Crippen LogP) is 3.79. The largest absolute Gasteiger partial charge is 0.506 e. The molecule has 0 saturated heterocycles. The number of hydrogen-bond acceptors (Lipinski definition) is 3. The van der Waals surface area contributed by atoms with Gasteiger partial charge < -0.3 is 5.11 Å². The molecule has 0 amide bonds. The molecule has 1 aromatic carbocycles. The molecule has 0 unspecified atom stereocenters. The van der Waals surface area contributed by atoms with Crippen molar-refractivity contribution in [3.05, 3.63) is 23.1 Å². The van der Waals surface area contributed by atoms with Crippen molar-refractivity contribution in [3.63, 3.8) is 0 Å². The number of rotatable bonds is 1. The third-order valence-electron chi connectivity index (χ3n) is 1.90. The highest BCUT2D eigenvalue weighted by Crippen LogP contribution is 2.37. The molecule has 13 heavy (non-hydrogen) atoms. The lowest BCUT2D eigenvalue weighted by molar-refractivity contribution is 0.482. The molecule has 1 aromatic heterocycles. The molecule has 1 N–H and O–H groups in total. The first kappa shape index (κ1) is 9.37. The van der Waals surface area contributed by atoms with Crippen LogP contribution in [0, 0.1) is 0 Å². The smallest absolute Gasteiger partial charge is 0.133 e. The monoisotopic (exact) mass is 274 g/mol. The summed E-state index contributed by atoms with van der Waals surface area (Å²) in [6.45, 7) is 0. The van der Waals surface area contributed by atoms with E-state index in [1.807, 2.05) is 11.4 Å². The lowest BCUT2D eigenvalue weighted by Gasteiger charge is -1.99. The van der Waals surface area contributed by atoms with Gasteiger partial charge in [-0.15, -0.1) is 24.0 Å². The van der Waals surface area contributed by atoms with Gasteiger partial charge in [-0.05, 0) is 23.1 Å². The first-order chi connectivity index (χ1) is 6.24. The average molecular weight is 275 g/mol. The van der Waals surface area contributed by atoms with Gasteiger partial charge >= 0.3 is 0 Å². The summed E-state index contributed by atoms with van der Waals surface area (Å²) in [5, 5.41) is 13.5. The Hall–Kier alpha value is -0.190. The van der Waals surface area contributed by atoms with E-state index in [1.165, 1.54) is 5.56 Å². The molecule has 0 aliphatic rings. The van der Waals surface area contributed by atoms with E-state index in [-0.39, 0.29) is 0 Å². The van der Waals surface area contributed by atoms with E-state index in [0.29, 0.717) is 5.75 Å². The van der Waals surface area contributed by atoms with Crippen LogP contribution in [0.15, 0.2) is 22.4 Å². The van der Waals surface area contributed by atoms with Crippen molar-refractivity contribution in [1.29, 1.82) is 0 Å². The van der Waals surface area contributed by atoms with Crippen molar-refractivity contribution in [3.8, 4) is 5.75 Å². The molecule has 0 bridgehead atoms. The van der Waals surface area contributed by atoms with Crippen molar-refractivity contribution < 1.29 is 5.11 Å². The van der Waals surface area contributed by atoms with E-state index in [0.717, 1.165) is 20.3 Å². The summed E-state index contributed by atoms with van der Waals surface area (Å²) in [6.07, 6.45) is 0. The molecule has 2 aromatic rings. The van der Waals surface area contributed by atoms with E-state index in [1.54, 1.807) is 17.4 Å². The summed E-state index contributed by atoms with van der Waals surface area (Å²) in [4.78, 5) is 0.920. The quantitative estimate of drug-likeness (QED) is 0.599. The summed E-state index contributed by atoms with van der Waals surface area (Å²) < 4.78 is 0.918. The Balaban J connectivity index is 2.87. The second kappa shape index (κ2) is 3.52.